The first-order valence-corrected chi connectivity index (χ1v) is 6.96. The molecule has 0 bridgehead atoms. The second-order valence-electron chi connectivity index (χ2n) is 3.76. The van der Waals surface area contributed by atoms with Crippen LogP contribution in [0.3, 0.4) is 0 Å². The van der Waals surface area contributed by atoms with Crippen LogP contribution in [0.25, 0.3) is 0 Å². The lowest BCUT2D eigenvalue weighted by atomic mass is 10.1. The van der Waals surface area contributed by atoms with Crippen molar-refractivity contribution in [3.63, 3.8) is 0 Å². The summed E-state index contributed by atoms with van der Waals surface area (Å²) in [5.74, 6) is -0.186. The van der Waals surface area contributed by atoms with Crippen LogP contribution < -0.4 is 5.32 Å². The molecule has 1 aromatic carbocycles. The average Bonchev–Trinajstić information content (AvgIpc) is 2.35. The molecule has 0 atom stereocenters. The molecule has 0 radical (unpaired) electrons. The van der Waals surface area contributed by atoms with Crippen LogP contribution in [0, 0.1) is 0 Å². The van der Waals surface area contributed by atoms with Gasteiger partial charge >= 0.3 is 5.97 Å². The number of anilines is 1. The minimum absolute atomic E-state index is 0.0868. The molecule has 0 saturated heterocycles. The van der Waals surface area contributed by atoms with Crippen LogP contribution in [0.4, 0.5) is 5.69 Å². The van der Waals surface area contributed by atoms with Crippen molar-refractivity contribution in [1.29, 1.82) is 0 Å². The Bertz CT molecular complexity index is 420. The third-order valence-corrected chi connectivity index (χ3v) is 3.32. The molecule has 0 aliphatic rings. The van der Waals surface area contributed by atoms with Gasteiger partial charge in [-0.25, -0.2) is 0 Å². The average molecular weight is 267 g/mol. The fourth-order valence-corrected chi connectivity index (χ4v) is 2.18. The summed E-state index contributed by atoms with van der Waals surface area (Å²) in [6.07, 6.45) is 0.951. The lowest BCUT2D eigenvalue weighted by Gasteiger charge is -2.09. The van der Waals surface area contributed by atoms with E-state index in [1.54, 1.807) is 0 Å². The summed E-state index contributed by atoms with van der Waals surface area (Å²) in [6.45, 7) is 2.03. The van der Waals surface area contributed by atoms with Crippen molar-refractivity contribution in [2.75, 3.05) is 16.8 Å². The largest absolute Gasteiger partial charge is 0.481 e. The van der Waals surface area contributed by atoms with Gasteiger partial charge in [0.2, 0.25) is 5.91 Å². The van der Waals surface area contributed by atoms with Crippen LogP contribution in [-0.4, -0.2) is 28.5 Å². The number of carbonyl (C=O) groups excluding carboxylic acids is 1. The Morgan fingerprint density at radius 3 is 2.72 bits per heavy atom. The number of rotatable bonds is 7. The molecule has 2 N–H and O–H groups in total. The van der Waals surface area contributed by atoms with Crippen LogP contribution in [0.5, 0.6) is 0 Å². The first kappa shape index (κ1) is 14.6. The fourth-order valence-electron chi connectivity index (χ4n) is 1.46. The molecule has 5 heteroatoms. The Morgan fingerprint density at radius 2 is 2.06 bits per heavy atom. The van der Waals surface area contributed by atoms with E-state index in [9.17, 15) is 9.59 Å². The topological polar surface area (TPSA) is 66.4 Å². The van der Waals surface area contributed by atoms with Crippen LogP contribution in [-0.2, 0) is 16.0 Å². The quantitative estimate of drug-likeness (QED) is 0.744. The van der Waals surface area contributed by atoms with Crippen molar-refractivity contribution in [2.45, 2.75) is 19.8 Å². The molecule has 0 aliphatic heterocycles. The lowest BCUT2D eigenvalue weighted by Crippen LogP contribution is -2.15. The van der Waals surface area contributed by atoms with E-state index in [0.29, 0.717) is 5.75 Å². The fraction of sp³-hybridized carbons (Fsp3) is 0.385. The van der Waals surface area contributed by atoms with Gasteiger partial charge in [0.25, 0.3) is 0 Å². The van der Waals surface area contributed by atoms with Crippen LogP contribution in [0.1, 0.15) is 18.9 Å². The number of benzene rings is 1. The second kappa shape index (κ2) is 7.76. The summed E-state index contributed by atoms with van der Waals surface area (Å²) in [4.78, 5) is 22.0. The first-order valence-electron chi connectivity index (χ1n) is 5.80. The lowest BCUT2D eigenvalue weighted by molar-refractivity contribution is -0.136. The van der Waals surface area contributed by atoms with Gasteiger partial charge in [0, 0.05) is 11.4 Å². The van der Waals surface area contributed by atoms with E-state index >= 15 is 0 Å². The maximum atomic E-state index is 11.6. The van der Waals surface area contributed by atoms with Gasteiger partial charge in [-0.1, -0.05) is 25.1 Å². The van der Waals surface area contributed by atoms with E-state index in [4.69, 9.17) is 5.11 Å². The number of para-hydroxylation sites is 1. The normalized spacial score (nSPS) is 10.1. The van der Waals surface area contributed by atoms with Crippen molar-refractivity contribution in [3.8, 4) is 0 Å². The Kier molecular flexibility index (Phi) is 6.28. The van der Waals surface area contributed by atoms with Gasteiger partial charge in [0.15, 0.2) is 0 Å². The van der Waals surface area contributed by atoms with Crippen LogP contribution >= 0.6 is 11.8 Å². The third-order valence-electron chi connectivity index (χ3n) is 2.37. The van der Waals surface area contributed by atoms with Crippen molar-refractivity contribution in [2.24, 2.45) is 0 Å². The highest BCUT2D eigenvalue weighted by Crippen LogP contribution is 2.15. The molecule has 1 rings (SSSR count). The second-order valence-corrected chi connectivity index (χ2v) is 4.86. The van der Waals surface area contributed by atoms with Gasteiger partial charge in [-0.05, 0) is 18.1 Å². The molecular weight excluding hydrogens is 250 g/mol. The van der Waals surface area contributed by atoms with Crippen molar-refractivity contribution >= 4 is 29.3 Å². The molecule has 18 heavy (non-hydrogen) atoms. The molecule has 0 aromatic heterocycles. The molecule has 0 spiro atoms. The van der Waals surface area contributed by atoms with Crippen molar-refractivity contribution in [3.05, 3.63) is 29.8 Å². The number of carbonyl (C=O) groups is 2. The number of aliphatic carboxylic acids is 1. The molecule has 4 nitrogen and oxygen atoms in total. The zero-order valence-electron chi connectivity index (χ0n) is 10.3. The minimum atomic E-state index is -0.834. The number of carboxylic acid groups (broad SMARTS) is 1. The number of hydrogen-bond donors (Lipinski definition) is 2. The summed E-state index contributed by atoms with van der Waals surface area (Å²) in [7, 11) is 0. The first-order chi connectivity index (χ1) is 8.63. The SMILES string of the molecule is CCc1ccccc1NC(=O)CSCCC(=O)O. The monoisotopic (exact) mass is 267 g/mol. The summed E-state index contributed by atoms with van der Waals surface area (Å²) in [6, 6.07) is 7.67. The number of nitrogens with one attached hydrogen (secondary N) is 1. The molecule has 0 fully saturated rings. The van der Waals surface area contributed by atoms with Crippen molar-refractivity contribution in [1.82, 2.24) is 0 Å². The van der Waals surface area contributed by atoms with Gasteiger partial charge < -0.3 is 10.4 Å². The van der Waals surface area contributed by atoms with E-state index in [2.05, 4.69) is 5.32 Å². The van der Waals surface area contributed by atoms with E-state index in [0.717, 1.165) is 17.7 Å². The smallest absolute Gasteiger partial charge is 0.304 e. The Hall–Kier alpha value is -1.49. The van der Waals surface area contributed by atoms with E-state index in [-0.39, 0.29) is 18.1 Å². The van der Waals surface area contributed by atoms with Gasteiger partial charge in [-0.15, -0.1) is 0 Å². The Morgan fingerprint density at radius 1 is 1.33 bits per heavy atom. The summed E-state index contributed by atoms with van der Waals surface area (Å²) in [5, 5.41) is 11.3. The van der Waals surface area contributed by atoms with E-state index in [1.165, 1.54) is 11.8 Å². The number of carboxylic acids is 1. The van der Waals surface area contributed by atoms with Crippen LogP contribution in [0.15, 0.2) is 24.3 Å². The van der Waals surface area contributed by atoms with Crippen molar-refractivity contribution < 1.29 is 14.7 Å². The van der Waals surface area contributed by atoms with Gasteiger partial charge in [-0.3, -0.25) is 9.59 Å². The highest BCUT2D eigenvalue weighted by molar-refractivity contribution is 7.99. The van der Waals surface area contributed by atoms with Gasteiger partial charge in [0.05, 0.1) is 12.2 Å². The number of aryl methyl sites for hydroxylation is 1. The van der Waals surface area contributed by atoms with Gasteiger partial charge in [0.1, 0.15) is 0 Å². The summed E-state index contributed by atoms with van der Waals surface area (Å²) < 4.78 is 0. The molecule has 1 amide bonds. The molecule has 0 heterocycles. The molecule has 1 aromatic rings. The highest BCUT2D eigenvalue weighted by Gasteiger charge is 2.06. The predicted molar refractivity (Wildman–Crippen MR) is 74.0 cm³/mol. The molecule has 0 aliphatic carbocycles. The maximum Gasteiger partial charge on any atom is 0.304 e. The third kappa shape index (κ3) is 5.23. The molecule has 0 saturated carbocycles. The Labute approximate surface area is 111 Å². The number of thioether (sulfide) groups is 1. The number of amides is 1. The van der Waals surface area contributed by atoms with E-state index in [1.807, 2.05) is 31.2 Å². The predicted octanol–water partition coefficient (Wildman–Crippen LogP) is 2.40. The maximum absolute atomic E-state index is 11.6. The minimum Gasteiger partial charge on any atom is -0.481 e. The Balaban J connectivity index is 2.37. The highest BCUT2D eigenvalue weighted by atomic mass is 32.2. The van der Waals surface area contributed by atoms with Gasteiger partial charge in [-0.2, -0.15) is 11.8 Å². The van der Waals surface area contributed by atoms with E-state index < -0.39 is 5.97 Å². The summed E-state index contributed by atoms with van der Waals surface area (Å²) in [5.41, 5.74) is 1.94. The molecule has 0 unspecified atom stereocenters. The number of hydrogen-bond acceptors (Lipinski definition) is 3. The molecule has 98 valence electrons. The standard InChI is InChI=1S/C13H17NO3S/c1-2-10-5-3-4-6-11(10)14-12(15)9-18-8-7-13(16)17/h3-6H,2,7-9H2,1H3,(H,14,15)(H,16,17). The zero-order valence-corrected chi connectivity index (χ0v) is 11.1. The summed E-state index contributed by atoms with van der Waals surface area (Å²) >= 11 is 1.33. The molecular formula is C13H17NO3S. The zero-order chi connectivity index (χ0) is 13.4. The van der Waals surface area contributed by atoms with Crippen LogP contribution in [0.2, 0.25) is 0 Å².